The molecule has 0 amide bonds. The predicted octanol–water partition coefficient (Wildman–Crippen LogP) is 4.10. The monoisotopic (exact) mass is 347 g/mol. The Balaban J connectivity index is 2.12. The van der Waals surface area contributed by atoms with Gasteiger partial charge < -0.3 is 5.11 Å². The molecule has 0 aliphatic rings. The molecule has 0 fully saturated rings. The second-order valence-electron chi connectivity index (χ2n) is 4.07. The molecule has 100 valence electrons. The van der Waals surface area contributed by atoms with Gasteiger partial charge in [0.05, 0.1) is 12.0 Å². The standard InChI is InChI=1S/C15H10BrNO2S/c16-14-8-13(6-3-11(14)9-17)20-12-4-1-10(2-5-12)7-15(18)19/h1-6,8H,7H2,(H,18,19). The van der Waals surface area contributed by atoms with E-state index < -0.39 is 5.97 Å². The summed E-state index contributed by atoms with van der Waals surface area (Å²) in [5, 5.41) is 17.6. The zero-order chi connectivity index (χ0) is 14.5. The van der Waals surface area contributed by atoms with Crippen LogP contribution in [-0.4, -0.2) is 11.1 Å². The number of aliphatic carboxylic acids is 1. The van der Waals surface area contributed by atoms with Gasteiger partial charge in [-0.05, 0) is 51.8 Å². The smallest absolute Gasteiger partial charge is 0.307 e. The Kier molecular flexibility index (Phi) is 4.83. The first kappa shape index (κ1) is 14.6. The van der Waals surface area contributed by atoms with E-state index in [-0.39, 0.29) is 6.42 Å². The van der Waals surface area contributed by atoms with Crippen LogP contribution in [0.25, 0.3) is 0 Å². The maximum atomic E-state index is 10.6. The topological polar surface area (TPSA) is 61.1 Å². The van der Waals surface area contributed by atoms with E-state index in [9.17, 15) is 4.79 Å². The second kappa shape index (κ2) is 6.60. The quantitative estimate of drug-likeness (QED) is 0.904. The van der Waals surface area contributed by atoms with Crippen LogP contribution in [0.2, 0.25) is 0 Å². The summed E-state index contributed by atoms with van der Waals surface area (Å²) in [6.45, 7) is 0. The Morgan fingerprint density at radius 3 is 2.40 bits per heavy atom. The number of rotatable bonds is 4. The number of nitriles is 1. The first-order chi connectivity index (χ1) is 9.58. The number of carboxylic acid groups (broad SMARTS) is 1. The van der Waals surface area contributed by atoms with E-state index >= 15 is 0 Å². The van der Waals surface area contributed by atoms with Crippen molar-refractivity contribution < 1.29 is 9.90 Å². The molecule has 0 aromatic heterocycles. The Bertz CT molecular complexity index is 677. The van der Waals surface area contributed by atoms with Crippen LogP contribution >= 0.6 is 27.7 Å². The van der Waals surface area contributed by atoms with Crippen molar-refractivity contribution in [3.8, 4) is 6.07 Å². The van der Waals surface area contributed by atoms with Gasteiger partial charge in [0.1, 0.15) is 6.07 Å². The molecule has 0 aliphatic heterocycles. The van der Waals surface area contributed by atoms with Gasteiger partial charge in [-0.3, -0.25) is 4.79 Å². The van der Waals surface area contributed by atoms with E-state index in [2.05, 4.69) is 22.0 Å². The third-order valence-corrected chi connectivity index (χ3v) is 4.23. The highest BCUT2D eigenvalue weighted by Gasteiger charge is 2.04. The first-order valence-electron chi connectivity index (χ1n) is 5.77. The van der Waals surface area contributed by atoms with Gasteiger partial charge in [0.2, 0.25) is 0 Å². The fraction of sp³-hybridized carbons (Fsp3) is 0.0667. The van der Waals surface area contributed by atoms with E-state index in [0.29, 0.717) is 5.56 Å². The molecule has 2 rings (SSSR count). The molecular formula is C15H10BrNO2S. The predicted molar refractivity (Wildman–Crippen MR) is 80.8 cm³/mol. The molecule has 1 N–H and O–H groups in total. The Morgan fingerprint density at radius 2 is 1.85 bits per heavy atom. The zero-order valence-electron chi connectivity index (χ0n) is 10.3. The summed E-state index contributed by atoms with van der Waals surface area (Å²) in [6, 6.07) is 15.1. The fourth-order valence-electron chi connectivity index (χ4n) is 1.64. The minimum absolute atomic E-state index is 0.0351. The highest BCUT2D eigenvalue weighted by atomic mass is 79.9. The van der Waals surface area contributed by atoms with Crippen molar-refractivity contribution in [1.29, 1.82) is 5.26 Å². The van der Waals surface area contributed by atoms with E-state index in [4.69, 9.17) is 10.4 Å². The van der Waals surface area contributed by atoms with Crippen molar-refractivity contribution in [3.63, 3.8) is 0 Å². The molecule has 0 saturated heterocycles. The molecule has 0 radical (unpaired) electrons. The third-order valence-electron chi connectivity index (χ3n) is 2.58. The number of benzene rings is 2. The molecule has 0 atom stereocenters. The lowest BCUT2D eigenvalue weighted by Crippen LogP contribution is -1.99. The summed E-state index contributed by atoms with van der Waals surface area (Å²) in [5.74, 6) is -0.832. The molecule has 5 heteroatoms. The van der Waals surface area contributed by atoms with Crippen molar-refractivity contribution >= 4 is 33.7 Å². The lowest BCUT2D eigenvalue weighted by molar-refractivity contribution is -0.136. The van der Waals surface area contributed by atoms with Gasteiger partial charge in [-0.15, -0.1) is 0 Å². The molecule has 3 nitrogen and oxygen atoms in total. The highest BCUT2D eigenvalue weighted by Crippen LogP contribution is 2.31. The Hall–Kier alpha value is -1.77. The number of nitrogens with zero attached hydrogens (tertiary/aromatic N) is 1. The van der Waals surface area contributed by atoms with Crippen molar-refractivity contribution in [3.05, 3.63) is 58.1 Å². The average Bonchev–Trinajstić information content (AvgIpc) is 2.41. The summed E-state index contributed by atoms with van der Waals surface area (Å²) < 4.78 is 0.771. The van der Waals surface area contributed by atoms with Crippen LogP contribution in [0.4, 0.5) is 0 Å². The maximum absolute atomic E-state index is 10.6. The minimum Gasteiger partial charge on any atom is -0.481 e. The molecule has 0 bridgehead atoms. The van der Waals surface area contributed by atoms with Gasteiger partial charge in [-0.2, -0.15) is 5.26 Å². The lowest BCUT2D eigenvalue weighted by Gasteiger charge is -2.04. The molecular weight excluding hydrogens is 338 g/mol. The van der Waals surface area contributed by atoms with Crippen molar-refractivity contribution in [2.24, 2.45) is 0 Å². The average molecular weight is 348 g/mol. The zero-order valence-corrected chi connectivity index (χ0v) is 12.7. The molecule has 0 aliphatic carbocycles. The third kappa shape index (κ3) is 3.86. The first-order valence-corrected chi connectivity index (χ1v) is 7.37. The van der Waals surface area contributed by atoms with E-state index in [0.717, 1.165) is 19.8 Å². The summed E-state index contributed by atoms with van der Waals surface area (Å²) in [4.78, 5) is 12.6. The van der Waals surface area contributed by atoms with Crippen LogP contribution < -0.4 is 0 Å². The van der Waals surface area contributed by atoms with E-state index in [1.165, 1.54) is 0 Å². The maximum Gasteiger partial charge on any atom is 0.307 e. The normalized spacial score (nSPS) is 10.0. The Labute approximate surface area is 129 Å². The van der Waals surface area contributed by atoms with Crippen LogP contribution in [0.3, 0.4) is 0 Å². The van der Waals surface area contributed by atoms with Crippen molar-refractivity contribution in [2.45, 2.75) is 16.2 Å². The number of hydrogen-bond acceptors (Lipinski definition) is 3. The molecule has 0 heterocycles. The number of hydrogen-bond donors (Lipinski definition) is 1. The van der Waals surface area contributed by atoms with Crippen molar-refractivity contribution in [1.82, 2.24) is 0 Å². The second-order valence-corrected chi connectivity index (χ2v) is 6.07. The van der Waals surface area contributed by atoms with Crippen LogP contribution in [-0.2, 0) is 11.2 Å². The van der Waals surface area contributed by atoms with Crippen LogP contribution in [0.15, 0.2) is 56.7 Å². The fourth-order valence-corrected chi connectivity index (χ4v) is 3.11. The SMILES string of the molecule is N#Cc1ccc(Sc2ccc(CC(=O)O)cc2)cc1Br. The number of halogens is 1. The van der Waals surface area contributed by atoms with E-state index in [1.807, 2.05) is 36.4 Å². The minimum atomic E-state index is -0.832. The van der Waals surface area contributed by atoms with Crippen molar-refractivity contribution in [2.75, 3.05) is 0 Å². The largest absolute Gasteiger partial charge is 0.481 e. The van der Waals surface area contributed by atoms with Gasteiger partial charge in [0.25, 0.3) is 0 Å². The van der Waals surface area contributed by atoms with Gasteiger partial charge in [0, 0.05) is 14.3 Å². The molecule has 0 unspecified atom stereocenters. The summed E-state index contributed by atoms with van der Waals surface area (Å²) in [6.07, 6.45) is 0.0351. The van der Waals surface area contributed by atoms with Gasteiger partial charge in [-0.1, -0.05) is 23.9 Å². The number of carbonyl (C=O) groups is 1. The lowest BCUT2D eigenvalue weighted by atomic mass is 10.2. The van der Waals surface area contributed by atoms with Gasteiger partial charge in [0.15, 0.2) is 0 Å². The molecule has 0 saturated carbocycles. The van der Waals surface area contributed by atoms with Crippen LogP contribution in [0.5, 0.6) is 0 Å². The molecule has 2 aromatic carbocycles. The summed E-state index contributed by atoms with van der Waals surface area (Å²) >= 11 is 4.92. The van der Waals surface area contributed by atoms with E-state index in [1.54, 1.807) is 17.8 Å². The summed E-state index contributed by atoms with van der Waals surface area (Å²) in [7, 11) is 0. The van der Waals surface area contributed by atoms with Crippen LogP contribution in [0.1, 0.15) is 11.1 Å². The Morgan fingerprint density at radius 1 is 1.20 bits per heavy atom. The van der Waals surface area contributed by atoms with Gasteiger partial charge >= 0.3 is 5.97 Å². The molecule has 20 heavy (non-hydrogen) atoms. The highest BCUT2D eigenvalue weighted by molar-refractivity contribution is 9.10. The van der Waals surface area contributed by atoms with Crippen LogP contribution in [0, 0.1) is 11.3 Å². The molecule has 2 aromatic rings. The number of carboxylic acids is 1. The molecule has 0 spiro atoms. The summed E-state index contributed by atoms with van der Waals surface area (Å²) in [5.41, 5.74) is 1.38. The van der Waals surface area contributed by atoms with Gasteiger partial charge in [-0.25, -0.2) is 0 Å².